The van der Waals surface area contributed by atoms with E-state index in [1.165, 1.54) is 5.56 Å². The third kappa shape index (κ3) is 9.53. The molecular weight excluding hydrogens is 218 g/mol. The largest absolute Gasteiger partial charge is 0.481 e. The van der Waals surface area contributed by atoms with Crippen LogP contribution < -0.4 is 5.32 Å². The predicted octanol–water partition coefficient (Wildman–Crippen LogP) is 1.50. The summed E-state index contributed by atoms with van der Waals surface area (Å²) in [5.41, 5.74) is 1.25. The molecule has 0 radical (unpaired) electrons. The van der Waals surface area contributed by atoms with Gasteiger partial charge in [0.25, 0.3) is 0 Å². The zero-order valence-corrected chi connectivity index (χ0v) is 10.4. The molecule has 1 rings (SSSR count). The summed E-state index contributed by atoms with van der Waals surface area (Å²) in [7, 11) is 0. The number of carboxylic acid groups (broad SMARTS) is 1. The number of hydrogen-bond acceptors (Lipinski definition) is 3. The van der Waals surface area contributed by atoms with Crippen molar-refractivity contribution in [2.75, 3.05) is 13.2 Å². The van der Waals surface area contributed by atoms with Crippen LogP contribution in [0.15, 0.2) is 30.3 Å². The number of aliphatic hydroxyl groups excluding tert-OH is 1. The first-order valence-corrected chi connectivity index (χ1v) is 5.66. The Bertz CT molecular complexity index is 299. The van der Waals surface area contributed by atoms with Crippen LogP contribution in [0.1, 0.15) is 19.4 Å². The Morgan fingerprint density at radius 3 is 2.24 bits per heavy atom. The molecule has 0 aliphatic rings. The highest BCUT2D eigenvalue weighted by Gasteiger charge is 1.99. The molecule has 0 spiro atoms. The molecule has 0 amide bonds. The number of aliphatic hydroxyl groups is 1. The van der Waals surface area contributed by atoms with E-state index >= 15 is 0 Å². The predicted molar refractivity (Wildman–Crippen MR) is 67.7 cm³/mol. The van der Waals surface area contributed by atoms with Crippen molar-refractivity contribution in [2.24, 2.45) is 5.92 Å². The summed E-state index contributed by atoms with van der Waals surface area (Å²) in [5.74, 6) is -0.972. The first-order valence-electron chi connectivity index (χ1n) is 5.66. The summed E-state index contributed by atoms with van der Waals surface area (Å²) < 4.78 is 0. The zero-order chi connectivity index (χ0) is 13.1. The standard InChI is InChI=1S/C9H13NO.C4H8O2/c11-7-6-10-8-9-4-2-1-3-5-9;1-3(2)4(5)6/h1-5,10-11H,6-8H2;3H,1-2H3,(H,5,6). The van der Waals surface area contributed by atoms with Gasteiger partial charge in [-0.2, -0.15) is 0 Å². The molecule has 0 aliphatic heterocycles. The molecule has 96 valence electrons. The lowest BCUT2D eigenvalue weighted by molar-refractivity contribution is -0.140. The highest BCUT2D eigenvalue weighted by atomic mass is 16.4. The van der Waals surface area contributed by atoms with Gasteiger partial charge in [-0.05, 0) is 5.56 Å². The maximum atomic E-state index is 9.70. The molecule has 4 nitrogen and oxygen atoms in total. The lowest BCUT2D eigenvalue weighted by atomic mass is 10.2. The molecule has 3 N–H and O–H groups in total. The van der Waals surface area contributed by atoms with E-state index in [9.17, 15) is 4.79 Å². The lowest BCUT2D eigenvalue weighted by Crippen LogP contribution is -2.17. The van der Waals surface area contributed by atoms with E-state index in [-0.39, 0.29) is 12.5 Å². The van der Waals surface area contributed by atoms with Crippen LogP contribution in [0.2, 0.25) is 0 Å². The highest BCUT2D eigenvalue weighted by molar-refractivity contribution is 5.68. The van der Waals surface area contributed by atoms with E-state index < -0.39 is 5.97 Å². The Hall–Kier alpha value is -1.39. The molecule has 0 saturated heterocycles. The Labute approximate surface area is 102 Å². The van der Waals surface area contributed by atoms with Crippen molar-refractivity contribution in [3.63, 3.8) is 0 Å². The summed E-state index contributed by atoms with van der Waals surface area (Å²) in [6.07, 6.45) is 0. The van der Waals surface area contributed by atoms with Gasteiger partial charge in [0.2, 0.25) is 0 Å². The zero-order valence-electron chi connectivity index (χ0n) is 10.4. The average molecular weight is 239 g/mol. The van der Waals surface area contributed by atoms with E-state index in [0.29, 0.717) is 6.54 Å². The number of aliphatic carboxylic acids is 1. The van der Waals surface area contributed by atoms with Gasteiger partial charge in [-0.15, -0.1) is 0 Å². The van der Waals surface area contributed by atoms with Crippen molar-refractivity contribution in [1.82, 2.24) is 5.32 Å². The summed E-state index contributed by atoms with van der Waals surface area (Å²) in [4.78, 5) is 9.70. The third-order valence-electron chi connectivity index (χ3n) is 1.95. The molecule has 0 aliphatic carbocycles. The smallest absolute Gasteiger partial charge is 0.305 e. The second kappa shape index (κ2) is 9.81. The van der Waals surface area contributed by atoms with Crippen LogP contribution in [-0.2, 0) is 11.3 Å². The van der Waals surface area contributed by atoms with Gasteiger partial charge in [-0.1, -0.05) is 44.2 Å². The topological polar surface area (TPSA) is 69.6 Å². The third-order valence-corrected chi connectivity index (χ3v) is 1.95. The minimum Gasteiger partial charge on any atom is -0.481 e. The molecule has 1 aromatic carbocycles. The Balaban J connectivity index is 0.000000366. The summed E-state index contributed by atoms with van der Waals surface area (Å²) >= 11 is 0. The molecule has 0 atom stereocenters. The fraction of sp³-hybridized carbons (Fsp3) is 0.462. The van der Waals surface area contributed by atoms with E-state index in [2.05, 4.69) is 17.4 Å². The van der Waals surface area contributed by atoms with Crippen LogP contribution in [0, 0.1) is 5.92 Å². The van der Waals surface area contributed by atoms with Crippen molar-refractivity contribution in [3.05, 3.63) is 35.9 Å². The number of carboxylic acids is 1. The monoisotopic (exact) mass is 239 g/mol. The van der Waals surface area contributed by atoms with Crippen molar-refractivity contribution < 1.29 is 15.0 Å². The maximum absolute atomic E-state index is 9.70. The lowest BCUT2D eigenvalue weighted by Gasteiger charge is -2.01. The van der Waals surface area contributed by atoms with Crippen molar-refractivity contribution in [1.29, 1.82) is 0 Å². The highest BCUT2D eigenvalue weighted by Crippen LogP contribution is 1.96. The van der Waals surface area contributed by atoms with Crippen LogP contribution in [0.4, 0.5) is 0 Å². The minimum absolute atomic E-state index is 0.201. The maximum Gasteiger partial charge on any atom is 0.305 e. The van der Waals surface area contributed by atoms with Gasteiger partial charge in [0, 0.05) is 13.1 Å². The van der Waals surface area contributed by atoms with Gasteiger partial charge < -0.3 is 15.5 Å². The molecule has 0 fully saturated rings. The molecule has 0 saturated carbocycles. The number of rotatable bonds is 5. The van der Waals surface area contributed by atoms with Gasteiger partial charge in [-0.25, -0.2) is 0 Å². The Morgan fingerprint density at radius 2 is 1.82 bits per heavy atom. The molecule has 1 aromatic rings. The van der Waals surface area contributed by atoms with Gasteiger partial charge in [0.15, 0.2) is 0 Å². The van der Waals surface area contributed by atoms with Gasteiger partial charge in [0.05, 0.1) is 12.5 Å². The van der Waals surface area contributed by atoms with Crippen LogP contribution in [0.3, 0.4) is 0 Å². The van der Waals surface area contributed by atoms with Crippen LogP contribution in [0.5, 0.6) is 0 Å². The van der Waals surface area contributed by atoms with Crippen LogP contribution in [-0.4, -0.2) is 29.3 Å². The van der Waals surface area contributed by atoms with Crippen molar-refractivity contribution >= 4 is 5.97 Å². The summed E-state index contributed by atoms with van der Waals surface area (Å²) in [6, 6.07) is 10.1. The second-order valence-electron chi connectivity index (χ2n) is 3.88. The first-order chi connectivity index (χ1) is 8.07. The van der Waals surface area contributed by atoms with Crippen molar-refractivity contribution in [3.8, 4) is 0 Å². The summed E-state index contributed by atoms with van der Waals surface area (Å²) in [5, 5.41) is 19.6. The number of hydrogen-bond donors (Lipinski definition) is 3. The fourth-order valence-electron chi connectivity index (χ4n) is 0.908. The normalized spacial score (nSPS) is 9.65. The number of benzene rings is 1. The SMILES string of the molecule is CC(C)C(=O)O.OCCNCc1ccccc1. The molecule has 0 heterocycles. The molecule has 0 aromatic heterocycles. The van der Waals surface area contributed by atoms with Gasteiger partial charge in [-0.3, -0.25) is 4.79 Å². The Kier molecular flexibility index (Phi) is 9.01. The molecule has 0 bridgehead atoms. The van der Waals surface area contributed by atoms with Crippen molar-refractivity contribution in [2.45, 2.75) is 20.4 Å². The second-order valence-corrected chi connectivity index (χ2v) is 3.88. The minimum atomic E-state index is -0.741. The quantitative estimate of drug-likeness (QED) is 0.681. The van der Waals surface area contributed by atoms with E-state index in [4.69, 9.17) is 10.2 Å². The van der Waals surface area contributed by atoms with E-state index in [1.54, 1.807) is 13.8 Å². The van der Waals surface area contributed by atoms with Crippen LogP contribution in [0.25, 0.3) is 0 Å². The summed E-state index contributed by atoms with van der Waals surface area (Å²) in [6.45, 7) is 4.98. The molecule has 17 heavy (non-hydrogen) atoms. The number of nitrogens with one attached hydrogen (secondary N) is 1. The molecular formula is C13H21NO3. The first kappa shape index (κ1) is 15.6. The van der Waals surface area contributed by atoms with E-state index in [1.807, 2.05) is 18.2 Å². The Morgan fingerprint density at radius 1 is 1.29 bits per heavy atom. The van der Waals surface area contributed by atoms with Gasteiger partial charge in [0.1, 0.15) is 0 Å². The van der Waals surface area contributed by atoms with Gasteiger partial charge >= 0.3 is 5.97 Å². The van der Waals surface area contributed by atoms with Crippen LogP contribution >= 0.6 is 0 Å². The number of carbonyl (C=O) groups is 1. The molecule has 4 heteroatoms. The average Bonchev–Trinajstić information content (AvgIpc) is 2.31. The molecule has 0 unspecified atom stereocenters. The fourth-order valence-corrected chi connectivity index (χ4v) is 0.908. The van der Waals surface area contributed by atoms with E-state index in [0.717, 1.165) is 6.54 Å².